The van der Waals surface area contributed by atoms with Crippen molar-refractivity contribution in [2.45, 2.75) is 58.0 Å². The maximum absolute atomic E-state index is 12.9. The van der Waals surface area contributed by atoms with E-state index in [1.807, 2.05) is 18.2 Å². The molecule has 2 heterocycles. The summed E-state index contributed by atoms with van der Waals surface area (Å²) in [7, 11) is 0. The van der Waals surface area contributed by atoms with Crippen molar-refractivity contribution in [2.24, 2.45) is 5.41 Å². The van der Waals surface area contributed by atoms with E-state index in [9.17, 15) is 18.0 Å². The summed E-state index contributed by atoms with van der Waals surface area (Å²) < 4.78 is 39.7. The fraction of sp³-hybridized carbons (Fsp3) is 0.435. The van der Waals surface area contributed by atoms with Gasteiger partial charge < -0.3 is 5.32 Å². The van der Waals surface area contributed by atoms with Gasteiger partial charge in [0.25, 0.3) is 0 Å². The van der Waals surface area contributed by atoms with Gasteiger partial charge >= 0.3 is 6.18 Å². The molecule has 0 radical (unpaired) electrons. The summed E-state index contributed by atoms with van der Waals surface area (Å²) in [6.07, 6.45) is 2.84. The average Bonchev–Trinajstić information content (AvgIpc) is 3.11. The molecule has 1 N–H and O–H groups in total. The number of aryl methyl sites for hydroxylation is 1. The minimum atomic E-state index is -4.50. The van der Waals surface area contributed by atoms with Crippen LogP contribution in [0, 0.1) is 12.3 Å². The second kappa shape index (κ2) is 8.57. The van der Waals surface area contributed by atoms with Crippen LogP contribution < -0.4 is 5.32 Å². The standard InChI is InChI=1S/C23H24F3N3OS/c1-15-11-19(23(24,25)26)27-14-17(15)28-20(30)12-22(9-5-2-6-10-22)13-21-29-16-7-3-4-8-18(16)31-21/h3-4,7-8,11,14H,2,5-6,9-10,12-13H2,1H3,(H,28,30). The molecular weight excluding hydrogens is 423 g/mol. The Bertz CT molecular complexity index is 1050. The van der Waals surface area contributed by atoms with E-state index in [4.69, 9.17) is 4.98 Å². The molecule has 31 heavy (non-hydrogen) atoms. The number of hydrogen-bond donors (Lipinski definition) is 1. The number of hydrogen-bond acceptors (Lipinski definition) is 4. The van der Waals surface area contributed by atoms with Crippen LogP contribution in [-0.4, -0.2) is 15.9 Å². The number of para-hydroxylation sites is 1. The van der Waals surface area contributed by atoms with Crippen LogP contribution in [0.25, 0.3) is 10.2 Å². The van der Waals surface area contributed by atoms with Crippen molar-refractivity contribution in [1.82, 2.24) is 9.97 Å². The van der Waals surface area contributed by atoms with Gasteiger partial charge in [-0.1, -0.05) is 31.4 Å². The third kappa shape index (κ3) is 5.06. The first-order chi connectivity index (χ1) is 14.7. The minimum Gasteiger partial charge on any atom is -0.324 e. The van der Waals surface area contributed by atoms with E-state index in [2.05, 4.69) is 16.4 Å². The Morgan fingerprint density at radius 1 is 1.19 bits per heavy atom. The van der Waals surface area contributed by atoms with Gasteiger partial charge in [0.05, 0.1) is 27.1 Å². The van der Waals surface area contributed by atoms with Crippen LogP contribution in [-0.2, 0) is 17.4 Å². The third-order valence-corrected chi connectivity index (χ3v) is 7.03. The quantitative estimate of drug-likeness (QED) is 0.483. The average molecular weight is 448 g/mol. The first kappa shape index (κ1) is 21.7. The van der Waals surface area contributed by atoms with E-state index in [0.29, 0.717) is 17.7 Å². The molecule has 4 nitrogen and oxygen atoms in total. The number of benzene rings is 1. The number of rotatable bonds is 5. The largest absolute Gasteiger partial charge is 0.433 e. The monoisotopic (exact) mass is 447 g/mol. The summed E-state index contributed by atoms with van der Waals surface area (Å²) in [6, 6.07) is 8.98. The highest BCUT2D eigenvalue weighted by atomic mass is 32.1. The molecule has 1 aliphatic rings. The molecule has 1 aliphatic carbocycles. The Morgan fingerprint density at radius 3 is 2.61 bits per heavy atom. The number of nitrogens with zero attached hydrogens (tertiary/aromatic N) is 2. The maximum Gasteiger partial charge on any atom is 0.433 e. The number of fused-ring (bicyclic) bond motifs is 1. The Balaban J connectivity index is 1.50. The molecule has 1 fully saturated rings. The molecule has 0 unspecified atom stereocenters. The van der Waals surface area contributed by atoms with Crippen molar-refractivity contribution in [2.75, 3.05) is 5.32 Å². The Hall–Kier alpha value is -2.48. The number of anilines is 1. The lowest BCUT2D eigenvalue weighted by molar-refractivity contribution is -0.141. The van der Waals surface area contributed by atoms with Crippen LogP contribution >= 0.6 is 11.3 Å². The van der Waals surface area contributed by atoms with Crippen molar-refractivity contribution in [1.29, 1.82) is 0 Å². The smallest absolute Gasteiger partial charge is 0.324 e. The number of carbonyl (C=O) groups is 1. The Labute approximate surface area is 182 Å². The lowest BCUT2D eigenvalue weighted by atomic mass is 9.69. The molecule has 8 heteroatoms. The van der Waals surface area contributed by atoms with Gasteiger partial charge in [-0.25, -0.2) is 9.97 Å². The number of aromatic nitrogens is 2. The Morgan fingerprint density at radius 2 is 1.94 bits per heavy atom. The van der Waals surface area contributed by atoms with E-state index in [-0.39, 0.29) is 11.3 Å². The van der Waals surface area contributed by atoms with Crippen LogP contribution in [0.4, 0.5) is 18.9 Å². The van der Waals surface area contributed by atoms with Crippen LogP contribution in [0.2, 0.25) is 0 Å². The molecule has 0 atom stereocenters. The number of nitrogens with one attached hydrogen (secondary N) is 1. The number of carbonyl (C=O) groups excluding carboxylic acids is 1. The van der Waals surface area contributed by atoms with Gasteiger partial charge in [0.15, 0.2) is 0 Å². The topological polar surface area (TPSA) is 54.9 Å². The summed E-state index contributed by atoms with van der Waals surface area (Å²) in [5.41, 5.74) is 0.513. The fourth-order valence-electron chi connectivity index (χ4n) is 4.41. The lowest BCUT2D eigenvalue weighted by Gasteiger charge is -2.36. The highest BCUT2D eigenvalue weighted by Crippen LogP contribution is 2.43. The summed E-state index contributed by atoms with van der Waals surface area (Å²) in [6.45, 7) is 1.55. The maximum atomic E-state index is 12.9. The van der Waals surface area contributed by atoms with Crippen molar-refractivity contribution < 1.29 is 18.0 Å². The molecule has 0 bridgehead atoms. The number of amides is 1. The van der Waals surface area contributed by atoms with E-state index in [0.717, 1.165) is 66.0 Å². The van der Waals surface area contributed by atoms with Crippen molar-refractivity contribution in [3.05, 3.63) is 52.8 Å². The molecule has 0 aliphatic heterocycles. The highest BCUT2D eigenvalue weighted by Gasteiger charge is 2.36. The zero-order chi connectivity index (χ0) is 22.1. The lowest BCUT2D eigenvalue weighted by Crippen LogP contribution is -2.32. The van der Waals surface area contributed by atoms with E-state index >= 15 is 0 Å². The highest BCUT2D eigenvalue weighted by molar-refractivity contribution is 7.18. The molecule has 4 rings (SSSR count). The molecule has 1 amide bonds. The first-order valence-corrected chi connectivity index (χ1v) is 11.2. The molecule has 164 valence electrons. The number of alkyl halides is 3. The zero-order valence-electron chi connectivity index (χ0n) is 17.3. The number of pyridine rings is 1. The predicted molar refractivity (Wildman–Crippen MR) is 116 cm³/mol. The van der Waals surface area contributed by atoms with Crippen LogP contribution in [0.1, 0.15) is 54.8 Å². The fourth-order valence-corrected chi connectivity index (χ4v) is 5.55. The number of halogens is 3. The first-order valence-electron chi connectivity index (χ1n) is 10.4. The van der Waals surface area contributed by atoms with Gasteiger partial charge in [0.2, 0.25) is 5.91 Å². The predicted octanol–water partition coefficient (Wildman–Crippen LogP) is 6.54. The molecule has 3 aromatic rings. The molecule has 0 saturated heterocycles. The molecule has 0 spiro atoms. The Kier molecular flexibility index (Phi) is 6.01. The van der Waals surface area contributed by atoms with E-state index in [1.54, 1.807) is 18.3 Å². The second-order valence-electron chi connectivity index (χ2n) is 8.42. The summed E-state index contributed by atoms with van der Waals surface area (Å²) >= 11 is 1.67. The number of thiazole rings is 1. The van der Waals surface area contributed by atoms with Crippen LogP contribution in [0.3, 0.4) is 0 Å². The van der Waals surface area contributed by atoms with Crippen molar-refractivity contribution in [3.8, 4) is 0 Å². The van der Waals surface area contributed by atoms with E-state index in [1.165, 1.54) is 0 Å². The van der Waals surface area contributed by atoms with Gasteiger partial charge in [-0.3, -0.25) is 4.79 Å². The third-order valence-electron chi connectivity index (χ3n) is 5.99. The summed E-state index contributed by atoms with van der Waals surface area (Å²) in [5.74, 6) is -0.187. The van der Waals surface area contributed by atoms with Crippen LogP contribution in [0.5, 0.6) is 0 Å². The van der Waals surface area contributed by atoms with Gasteiger partial charge in [0, 0.05) is 12.8 Å². The minimum absolute atomic E-state index is 0.177. The van der Waals surface area contributed by atoms with Gasteiger partial charge in [-0.05, 0) is 48.9 Å². The van der Waals surface area contributed by atoms with Gasteiger partial charge in [0.1, 0.15) is 5.69 Å². The molecular formula is C23H24F3N3OS. The summed E-state index contributed by atoms with van der Waals surface area (Å²) in [4.78, 5) is 21.1. The normalized spacial score (nSPS) is 16.4. The van der Waals surface area contributed by atoms with Crippen molar-refractivity contribution >= 4 is 33.1 Å². The molecule has 2 aromatic heterocycles. The van der Waals surface area contributed by atoms with E-state index < -0.39 is 11.9 Å². The second-order valence-corrected chi connectivity index (χ2v) is 9.54. The summed E-state index contributed by atoms with van der Waals surface area (Å²) in [5, 5.41) is 3.82. The van der Waals surface area contributed by atoms with Crippen molar-refractivity contribution in [3.63, 3.8) is 0 Å². The van der Waals surface area contributed by atoms with Gasteiger partial charge in [-0.15, -0.1) is 11.3 Å². The molecule has 1 saturated carbocycles. The molecule has 1 aromatic carbocycles. The zero-order valence-corrected chi connectivity index (χ0v) is 18.1. The van der Waals surface area contributed by atoms with Gasteiger partial charge in [-0.2, -0.15) is 13.2 Å². The SMILES string of the molecule is Cc1cc(C(F)(F)F)ncc1NC(=O)CC1(Cc2nc3ccccc3s2)CCCCC1. The van der Waals surface area contributed by atoms with Crippen LogP contribution in [0.15, 0.2) is 36.5 Å².